The zero-order valence-corrected chi connectivity index (χ0v) is 9.93. The molecule has 0 fully saturated rings. The minimum Gasteiger partial charge on any atom is -0.505 e. The molecule has 2 N–H and O–H groups in total. The van der Waals surface area contributed by atoms with Crippen molar-refractivity contribution in [2.24, 2.45) is 0 Å². The Hall–Kier alpha value is -1.87. The highest BCUT2D eigenvalue weighted by Gasteiger charge is 2.23. The van der Waals surface area contributed by atoms with Gasteiger partial charge in [0.2, 0.25) is 0 Å². The molecule has 0 saturated heterocycles. The van der Waals surface area contributed by atoms with Gasteiger partial charge in [-0.05, 0) is 6.07 Å². The molecule has 0 radical (unpaired) electrons. The van der Waals surface area contributed by atoms with E-state index in [0.29, 0.717) is 0 Å². The van der Waals surface area contributed by atoms with Crippen molar-refractivity contribution >= 4 is 21.6 Å². The van der Waals surface area contributed by atoms with Gasteiger partial charge >= 0.3 is 10.2 Å². The van der Waals surface area contributed by atoms with Crippen molar-refractivity contribution in [1.82, 2.24) is 4.31 Å². The van der Waals surface area contributed by atoms with Crippen LogP contribution in [0.25, 0.3) is 0 Å². The van der Waals surface area contributed by atoms with E-state index in [-0.39, 0.29) is 0 Å². The van der Waals surface area contributed by atoms with Gasteiger partial charge in [0.25, 0.3) is 5.69 Å². The van der Waals surface area contributed by atoms with Crippen molar-refractivity contribution in [1.29, 1.82) is 0 Å². The first-order chi connectivity index (χ1) is 7.75. The van der Waals surface area contributed by atoms with E-state index < -0.39 is 32.3 Å². The second-order valence-corrected chi connectivity index (χ2v) is 5.20. The molecule has 0 spiro atoms. The Kier molecular flexibility index (Phi) is 3.53. The van der Waals surface area contributed by atoms with E-state index >= 15 is 0 Å². The molecule has 0 aliphatic heterocycles. The van der Waals surface area contributed by atoms with Crippen molar-refractivity contribution in [2.75, 3.05) is 18.8 Å². The number of anilines is 1. The van der Waals surface area contributed by atoms with Crippen molar-refractivity contribution in [3.63, 3.8) is 0 Å². The van der Waals surface area contributed by atoms with Crippen LogP contribution in [-0.2, 0) is 10.2 Å². The number of phenolic OH excluding ortho intramolecular Hbond substituents is 1. The molecule has 8 nitrogen and oxygen atoms in total. The third-order valence-electron chi connectivity index (χ3n) is 1.93. The summed E-state index contributed by atoms with van der Waals surface area (Å²) in [6.45, 7) is 0. The highest BCUT2D eigenvalue weighted by Crippen LogP contribution is 2.33. The van der Waals surface area contributed by atoms with Crippen LogP contribution in [0.5, 0.6) is 5.75 Å². The van der Waals surface area contributed by atoms with Gasteiger partial charge in [-0.2, -0.15) is 12.7 Å². The number of benzene rings is 1. The van der Waals surface area contributed by atoms with E-state index in [1.165, 1.54) is 20.2 Å². The minimum atomic E-state index is -3.91. The molecule has 17 heavy (non-hydrogen) atoms. The smallest absolute Gasteiger partial charge is 0.301 e. The molecular formula is C8H11N3O5S. The lowest BCUT2D eigenvalue weighted by atomic mass is 10.2. The van der Waals surface area contributed by atoms with Gasteiger partial charge in [0.1, 0.15) is 5.75 Å². The maximum Gasteiger partial charge on any atom is 0.301 e. The van der Waals surface area contributed by atoms with Crippen molar-refractivity contribution in [2.45, 2.75) is 0 Å². The molecule has 0 bridgehead atoms. The summed E-state index contributed by atoms with van der Waals surface area (Å²) in [7, 11) is -1.39. The fourth-order valence-electron chi connectivity index (χ4n) is 1.01. The SMILES string of the molecule is CN(C)S(=O)(=O)Nc1c(O)cccc1[N+](=O)[O-]. The molecule has 0 heterocycles. The summed E-state index contributed by atoms with van der Waals surface area (Å²) in [5.41, 5.74) is -0.971. The van der Waals surface area contributed by atoms with E-state index in [1.807, 2.05) is 4.72 Å². The summed E-state index contributed by atoms with van der Waals surface area (Å²) in [4.78, 5) is 9.89. The molecule has 9 heteroatoms. The standard InChI is InChI=1S/C8H11N3O5S/c1-10(2)17(15,16)9-8-6(11(13)14)4-3-5-7(8)12/h3-5,9,12H,1-2H3. The third-order valence-corrected chi connectivity index (χ3v) is 3.35. The van der Waals surface area contributed by atoms with E-state index in [9.17, 15) is 23.6 Å². The number of nitro benzene ring substituents is 1. The zero-order chi connectivity index (χ0) is 13.2. The average molecular weight is 261 g/mol. The predicted molar refractivity (Wildman–Crippen MR) is 61.0 cm³/mol. The fraction of sp³-hybridized carbons (Fsp3) is 0.250. The first-order valence-electron chi connectivity index (χ1n) is 4.42. The van der Waals surface area contributed by atoms with Crippen LogP contribution in [0, 0.1) is 10.1 Å². The van der Waals surface area contributed by atoms with E-state index in [2.05, 4.69) is 0 Å². The minimum absolute atomic E-state index is 0.453. The van der Waals surface area contributed by atoms with Gasteiger partial charge in [0.05, 0.1) is 4.92 Å². The molecule has 1 rings (SSSR count). The quantitative estimate of drug-likeness (QED) is 0.466. The Morgan fingerprint density at radius 3 is 2.47 bits per heavy atom. The van der Waals surface area contributed by atoms with Crippen LogP contribution in [0.4, 0.5) is 11.4 Å². The second kappa shape index (κ2) is 4.55. The number of hydrogen-bond acceptors (Lipinski definition) is 5. The number of aromatic hydroxyl groups is 1. The molecule has 0 saturated carbocycles. The fourth-order valence-corrected chi connectivity index (χ4v) is 1.65. The van der Waals surface area contributed by atoms with Gasteiger partial charge in [-0.3, -0.25) is 14.8 Å². The van der Waals surface area contributed by atoms with Crippen LogP contribution in [0.1, 0.15) is 0 Å². The molecule has 0 aliphatic rings. The Bertz CT molecular complexity index is 540. The number of nitrogens with zero attached hydrogens (tertiary/aromatic N) is 2. The lowest BCUT2D eigenvalue weighted by molar-refractivity contribution is -0.383. The van der Waals surface area contributed by atoms with Gasteiger partial charge in [-0.1, -0.05) is 6.07 Å². The Morgan fingerprint density at radius 2 is 2.00 bits per heavy atom. The van der Waals surface area contributed by atoms with Crippen LogP contribution in [0.2, 0.25) is 0 Å². The number of phenols is 1. The van der Waals surface area contributed by atoms with Gasteiger partial charge < -0.3 is 5.11 Å². The van der Waals surface area contributed by atoms with Crippen molar-refractivity contribution < 1.29 is 18.4 Å². The van der Waals surface area contributed by atoms with Crippen LogP contribution < -0.4 is 4.72 Å². The van der Waals surface area contributed by atoms with Crippen molar-refractivity contribution in [3.8, 4) is 5.75 Å². The average Bonchev–Trinajstić information content (AvgIpc) is 2.20. The van der Waals surface area contributed by atoms with Gasteiger partial charge in [-0.25, -0.2) is 0 Å². The van der Waals surface area contributed by atoms with Crippen LogP contribution >= 0.6 is 0 Å². The number of nitro groups is 1. The highest BCUT2D eigenvalue weighted by molar-refractivity contribution is 7.90. The first-order valence-corrected chi connectivity index (χ1v) is 5.86. The largest absolute Gasteiger partial charge is 0.505 e. The zero-order valence-electron chi connectivity index (χ0n) is 9.11. The summed E-state index contributed by atoms with van der Waals surface area (Å²) in [5, 5.41) is 20.1. The lowest BCUT2D eigenvalue weighted by Crippen LogP contribution is -2.29. The van der Waals surface area contributed by atoms with Gasteiger partial charge in [0.15, 0.2) is 5.69 Å². The number of hydrogen-bond donors (Lipinski definition) is 2. The Morgan fingerprint density at radius 1 is 1.41 bits per heavy atom. The van der Waals surface area contributed by atoms with Crippen molar-refractivity contribution in [3.05, 3.63) is 28.3 Å². The molecule has 0 aromatic heterocycles. The summed E-state index contributed by atoms with van der Waals surface area (Å²) in [6, 6.07) is 3.49. The number of rotatable bonds is 4. The van der Waals surface area contributed by atoms with E-state index in [4.69, 9.17) is 0 Å². The molecule has 1 aromatic carbocycles. The van der Waals surface area contributed by atoms with Gasteiger partial charge in [0, 0.05) is 20.2 Å². The highest BCUT2D eigenvalue weighted by atomic mass is 32.2. The summed E-state index contributed by atoms with van der Waals surface area (Å²) in [6.07, 6.45) is 0. The third kappa shape index (κ3) is 2.82. The monoisotopic (exact) mass is 261 g/mol. The molecule has 0 atom stereocenters. The van der Waals surface area contributed by atoms with Crippen LogP contribution in [0.15, 0.2) is 18.2 Å². The molecule has 1 aromatic rings. The Labute approximate surface area is 97.8 Å². The topological polar surface area (TPSA) is 113 Å². The van der Waals surface area contributed by atoms with Gasteiger partial charge in [-0.15, -0.1) is 0 Å². The molecule has 0 amide bonds. The molecule has 94 valence electrons. The molecule has 0 aliphatic carbocycles. The Balaban J connectivity index is 3.28. The number of nitrogens with one attached hydrogen (secondary N) is 1. The van der Waals surface area contributed by atoms with E-state index in [0.717, 1.165) is 16.4 Å². The first kappa shape index (κ1) is 13.2. The molecule has 0 unspecified atom stereocenters. The van der Waals surface area contributed by atoms with Crippen LogP contribution in [0.3, 0.4) is 0 Å². The summed E-state index contributed by atoms with van der Waals surface area (Å²) >= 11 is 0. The maximum atomic E-state index is 11.5. The molecular weight excluding hydrogens is 250 g/mol. The normalized spacial score (nSPS) is 11.5. The maximum absolute atomic E-state index is 11.5. The van der Waals surface area contributed by atoms with Crippen LogP contribution in [-0.4, -0.2) is 36.8 Å². The summed E-state index contributed by atoms with van der Waals surface area (Å²) < 4.78 is 25.8. The predicted octanol–water partition coefficient (Wildman–Crippen LogP) is 0.519. The summed E-state index contributed by atoms with van der Waals surface area (Å²) in [5.74, 6) is -0.510. The lowest BCUT2D eigenvalue weighted by Gasteiger charge is -2.14. The number of para-hydroxylation sites is 1. The van der Waals surface area contributed by atoms with E-state index in [1.54, 1.807) is 0 Å². The second-order valence-electron chi connectivity index (χ2n) is 3.32.